The van der Waals surface area contributed by atoms with Crippen LogP contribution < -0.4 is 10.2 Å². The maximum atomic E-state index is 13.3. The normalized spacial score (nSPS) is 14.0. The maximum Gasteiger partial charge on any atom is 0.471 e. The van der Waals surface area contributed by atoms with Gasteiger partial charge in [0.15, 0.2) is 44.6 Å². The van der Waals surface area contributed by atoms with Crippen LogP contribution >= 0.6 is 34.5 Å². The summed E-state index contributed by atoms with van der Waals surface area (Å²) in [6.07, 6.45) is -7.32. The first-order chi connectivity index (χ1) is 37.1. The van der Waals surface area contributed by atoms with Crippen LogP contribution in [-0.2, 0) is 34.3 Å². The third-order valence-corrected chi connectivity index (χ3v) is 11.5. The molecular weight excluding hydrogens is 1170 g/mol. The van der Waals surface area contributed by atoms with E-state index >= 15 is 0 Å². The van der Waals surface area contributed by atoms with Crippen molar-refractivity contribution in [3.8, 4) is 10.7 Å². The van der Waals surface area contributed by atoms with Crippen molar-refractivity contribution < 1.29 is 82.1 Å². The fourth-order valence-electron chi connectivity index (χ4n) is 5.50. The van der Waals surface area contributed by atoms with Gasteiger partial charge in [0, 0.05) is 46.4 Å². The number of nitrogens with zero attached hydrogens (tertiary/aromatic N) is 15. The number of hydrogen-bond donors (Lipinski definition) is 4. The molecule has 3 unspecified atom stereocenters. The summed E-state index contributed by atoms with van der Waals surface area (Å²) in [4.78, 5) is 32.1. The van der Waals surface area contributed by atoms with Gasteiger partial charge in [-0.1, -0.05) is 28.4 Å². The number of thiophene rings is 1. The Kier molecular flexibility index (Phi) is 20.0. The number of nitrogens with one attached hydrogen (secondary N) is 1. The fourth-order valence-corrected chi connectivity index (χ4v) is 6.74. The Morgan fingerprint density at radius 3 is 1.66 bits per heavy atom. The van der Waals surface area contributed by atoms with Crippen molar-refractivity contribution in [3.05, 3.63) is 142 Å². The number of aromatic nitrogens is 14. The van der Waals surface area contributed by atoms with Gasteiger partial charge in [0.05, 0.1) is 61.3 Å². The van der Waals surface area contributed by atoms with Crippen molar-refractivity contribution in [3.63, 3.8) is 0 Å². The Hall–Kier alpha value is -7.99. The molecule has 0 fully saturated rings. The molecule has 0 aromatic carbocycles. The minimum absolute atomic E-state index is 0.0209. The molecule has 0 spiro atoms. The lowest BCUT2D eigenvalue weighted by molar-refractivity contribution is -0.259. The lowest BCUT2D eigenvalue weighted by Crippen LogP contribution is -2.39. The highest BCUT2D eigenvalue weighted by Gasteiger charge is 2.53. The van der Waals surface area contributed by atoms with E-state index in [9.17, 15) is 72.8 Å². The number of anilines is 4. The fraction of sp³-hybridized carbons (Fsp3) is 0.279. The van der Waals surface area contributed by atoms with Crippen LogP contribution in [0.5, 0.6) is 0 Å². The summed E-state index contributed by atoms with van der Waals surface area (Å²) in [5.41, 5.74) is -10.3. The van der Waals surface area contributed by atoms with E-state index in [-0.39, 0.29) is 45.0 Å². The van der Waals surface area contributed by atoms with Crippen molar-refractivity contribution in [2.75, 3.05) is 17.3 Å². The van der Waals surface area contributed by atoms with Crippen LogP contribution in [0.4, 0.5) is 76.0 Å². The van der Waals surface area contributed by atoms with Gasteiger partial charge in [0.25, 0.3) is 0 Å². The molecule has 0 saturated heterocycles. The standard InChI is InChI=1S/C19H13F6N7O2S.C11H10F3N5O.C7H6ClF3N2O.C6H5ClN2O2/c1-17(33,19(23,24)25)10-6-13(30-28-7-10)32(14-8-26-4-5-27-14)9-11-2-3-12(35-11)15-29-16(34-31-15)18(20,21)22;1-10(20,11(12,13)14)7-4-8(19-17-5-7)18-9-6-15-2-3-16-9;1-6(14,7(9,10)11)4-2-5(8)13-12-3-4;1-11-6(10)4-2-5(7)9-8-3-4/h2-8,33H,9H2,1H3;2-6,20H,1H3,(H,16,18,19);2-3,14H,1H3;2-3H,1H3. The summed E-state index contributed by atoms with van der Waals surface area (Å²) in [6.45, 7) is 1.84. The zero-order chi connectivity index (χ0) is 59.5. The molecule has 0 aliphatic heterocycles. The number of methoxy groups -OCH3 is 1. The van der Waals surface area contributed by atoms with Crippen molar-refractivity contribution in [1.82, 2.24) is 70.9 Å². The summed E-state index contributed by atoms with van der Waals surface area (Å²) in [7, 11) is 1.29. The molecule has 80 heavy (non-hydrogen) atoms. The van der Waals surface area contributed by atoms with Crippen molar-refractivity contribution in [2.45, 2.75) is 68.8 Å². The molecule has 426 valence electrons. The van der Waals surface area contributed by atoms with Crippen LogP contribution in [0.15, 0.2) is 103 Å². The number of esters is 1. The van der Waals surface area contributed by atoms with Crippen LogP contribution in [0, 0.1) is 0 Å². The van der Waals surface area contributed by atoms with Gasteiger partial charge in [0.1, 0.15) is 5.82 Å². The highest BCUT2D eigenvalue weighted by molar-refractivity contribution is 7.15. The number of carbonyl (C=O) groups is 1. The topological polar surface area (TPSA) is 296 Å². The van der Waals surface area contributed by atoms with Gasteiger partial charge in [-0.15, -0.1) is 31.7 Å². The SMILES string of the molecule is CC(O)(c1cnnc(Cl)c1)C(F)(F)F.CC(O)(c1cnnc(N(Cc2ccc(-c3noc(C(F)(F)F)n3)s2)c2cnccn2)c1)C(F)(F)F.CC(O)(c1cnnc(Nc2cnccn2)c1)C(F)(F)F.COC(=O)c1cnnc(Cl)c1. The van der Waals surface area contributed by atoms with Crippen molar-refractivity contribution >= 4 is 63.8 Å². The van der Waals surface area contributed by atoms with Crippen LogP contribution in [0.2, 0.25) is 10.3 Å². The average Bonchev–Trinajstić information content (AvgIpc) is 4.10. The number of rotatable bonds is 11. The van der Waals surface area contributed by atoms with Gasteiger partial charge in [-0.3, -0.25) is 9.97 Å². The number of alkyl halides is 12. The molecule has 0 amide bonds. The van der Waals surface area contributed by atoms with Gasteiger partial charge in [-0.05, 0) is 57.2 Å². The first kappa shape index (κ1) is 62.8. The first-order valence-electron chi connectivity index (χ1n) is 21.3. The molecule has 22 nitrogen and oxygen atoms in total. The maximum absolute atomic E-state index is 13.3. The molecule has 0 aliphatic carbocycles. The summed E-state index contributed by atoms with van der Waals surface area (Å²) in [6, 6.07) is 7.41. The monoisotopic (exact) mass is 1200 g/mol. The predicted molar refractivity (Wildman–Crippen MR) is 252 cm³/mol. The highest BCUT2D eigenvalue weighted by atomic mass is 35.5. The number of halogens is 14. The Bertz CT molecular complexity index is 3310. The number of aliphatic hydroxyl groups is 3. The van der Waals surface area contributed by atoms with Crippen LogP contribution in [0.25, 0.3) is 10.7 Å². The van der Waals surface area contributed by atoms with Crippen molar-refractivity contribution in [2.24, 2.45) is 0 Å². The molecule has 3 atom stereocenters. The van der Waals surface area contributed by atoms with E-state index in [1.165, 1.54) is 67.5 Å². The van der Waals surface area contributed by atoms with Gasteiger partial charge in [-0.2, -0.15) is 78.1 Å². The Morgan fingerprint density at radius 1 is 0.637 bits per heavy atom. The van der Waals surface area contributed by atoms with E-state index in [4.69, 9.17) is 23.2 Å². The summed E-state index contributed by atoms with van der Waals surface area (Å²) in [5.74, 6) is -1.81. The van der Waals surface area contributed by atoms with E-state index in [1.54, 1.807) is 6.07 Å². The largest absolute Gasteiger partial charge is 0.471 e. The number of ether oxygens (including phenoxy) is 1. The van der Waals surface area contributed by atoms with Crippen LogP contribution in [0.3, 0.4) is 0 Å². The quantitative estimate of drug-likeness (QED) is 0.0693. The molecular formula is C43H34Cl2F12N16O6S. The highest BCUT2D eigenvalue weighted by Crippen LogP contribution is 2.42. The lowest BCUT2D eigenvalue weighted by Gasteiger charge is -2.28. The zero-order valence-corrected chi connectivity index (χ0v) is 42.7. The predicted octanol–water partition coefficient (Wildman–Crippen LogP) is 9.10. The second kappa shape index (κ2) is 25.4. The Labute approximate surface area is 453 Å². The Morgan fingerprint density at radius 2 is 1.16 bits per heavy atom. The van der Waals surface area contributed by atoms with E-state index < -0.39 is 70.1 Å². The molecule has 4 N–H and O–H groups in total. The van der Waals surface area contributed by atoms with Crippen molar-refractivity contribution in [1.29, 1.82) is 0 Å². The van der Waals surface area contributed by atoms with E-state index in [0.29, 0.717) is 37.0 Å². The third kappa shape index (κ3) is 16.3. The smallest absolute Gasteiger partial charge is 0.465 e. The summed E-state index contributed by atoms with van der Waals surface area (Å²) >= 11 is 11.8. The molecule has 0 aliphatic rings. The van der Waals surface area contributed by atoms with E-state index in [0.717, 1.165) is 48.1 Å². The molecule has 8 rings (SSSR count). The lowest BCUT2D eigenvalue weighted by atomic mass is 9.97. The number of hydrogen-bond acceptors (Lipinski definition) is 23. The summed E-state index contributed by atoms with van der Waals surface area (Å²) < 4.78 is 162. The minimum atomic E-state index is -4.98. The van der Waals surface area contributed by atoms with Gasteiger partial charge < -0.3 is 34.8 Å². The van der Waals surface area contributed by atoms with E-state index in [1.807, 2.05) is 0 Å². The second-order valence-electron chi connectivity index (χ2n) is 15.9. The minimum Gasteiger partial charge on any atom is -0.465 e. The molecule has 8 heterocycles. The van der Waals surface area contributed by atoms with Crippen LogP contribution in [0.1, 0.15) is 58.6 Å². The van der Waals surface area contributed by atoms with Gasteiger partial charge in [-0.25, -0.2) is 14.8 Å². The molecule has 37 heteroatoms. The number of carbonyl (C=O) groups excluding carboxylic acids is 1. The average molecular weight is 1200 g/mol. The second-order valence-corrected chi connectivity index (χ2v) is 17.9. The van der Waals surface area contributed by atoms with Crippen LogP contribution in [-0.4, -0.2) is 118 Å². The zero-order valence-electron chi connectivity index (χ0n) is 40.4. The molecule has 8 aromatic heterocycles. The van der Waals surface area contributed by atoms with Gasteiger partial charge in [0.2, 0.25) is 5.82 Å². The Balaban J connectivity index is 0.000000219. The first-order valence-corrected chi connectivity index (χ1v) is 22.9. The summed E-state index contributed by atoms with van der Waals surface area (Å²) in [5, 5.41) is 62.7. The van der Waals surface area contributed by atoms with Gasteiger partial charge >= 0.3 is 36.6 Å². The molecule has 0 bridgehead atoms. The van der Waals surface area contributed by atoms with E-state index in [2.05, 4.69) is 85.4 Å². The molecule has 0 saturated carbocycles. The third-order valence-electron chi connectivity index (χ3n) is 10.1. The molecule has 0 radical (unpaired) electrons. The molecule has 8 aromatic rings.